The molecule has 0 amide bonds. The summed E-state index contributed by atoms with van der Waals surface area (Å²) in [5.74, 6) is 0.468. The van der Waals surface area contributed by atoms with E-state index < -0.39 is 0 Å². The predicted molar refractivity (Wildman–Crippen MR) is 77.5 cm³/mol. The van der Waals surface area contributed by atoms with Crippen LogP contribution in [-0.4, -0.2) is 18.1 Å². The van der Waals surface area contributed by atoms with Gasteiger partial charge in [0.25, 0.3) is 0 Å². The SMILES string of the molecule is CCN(CC1CCC1)c1ccc(F)cc1C(N)=S. The van der Waals surface area contributed by atoms with E-state index >= 15 is 0 Å². The van der Waals surface area contributed by atoms with Crippen LogP contribution in [0.4, 0.5) is 10.1 Å². The highest BCUT2D eigenvalue weighted by Crippen LogP contribution is 2.30. The van der Waals surface area contributed by atoms with Crippen LogP contribution in [-0.2, 0) is 0 Å². The van der Waals surface area contributed by atoms with Gasteiger partial charge in [-0.25, -0.2) is 4.39 Å². The van der Waals surface area contributed by atoms with Gasteiger partial charge in [-0.15, -0.1) is 0 Å². The Labute approximate surface area is 113 Å². The van der Waals surface area contributed by atoms with Gasteiger partial charge in [0.15, 0.2) is 0 Å². The Bertz CT molecular complexity index is 443. The highest BCUT2D eigenvalue weighted by molar-refractivity contribution is 7.80. The third-order valence-corrected chi connectivity index (χ3v) is 3.87. The van der Waals surface area contributed by atoms with Gasteiger partial charge >= 0.3 is 0 Å². The smallest absolute Gasteiger partial charge is 0.124 e. The molecule has 1 saturated carbocycles. The van der Waals surface area contributed by atoms with E-state index in [1.54, 1.807) is 6.07 Å². The standard InChI is InChI=1S/C14H19FN2S/c1-2-17(9-10-4-3-5-10)13-7-6-11(15)8-12(13)14(16)18/h6-8,10H,2-5,9H2,1H3,(H2,16,18). The van der Waals surface area contributed by atoms with E-state index in [9.17, 15) is 4.39 Å². The number of thiocarbonyl (C=S) groups is 1. The van der Waals surface area contributed by atoms with Crippen LogP contribution < -0.4 is 10.6 Å². The average molecular weight is 266 g/mol. The Kier molecular flexibility index (Phi) is 4.17. The zero-order valence-electron chi connectivity index (χ0n) is 10.7. The zero-order valence-corrected chi connectivity index (χ0v) is 11.5. The van der Waals surface area contributed by atoms with Crippen molar-refractivity contribution in [2.75, 3.05) is 18.0 Å². The van der Waals surface area contributed by atoms with Crippen molar-refractivity contribution in [3.05, 3.63) is 29.6 Å². The van der Waals surface area contributed by atoms with E-state index in [4.69, 9.17) is 18.0 Å². The van der Waals surface area contributed by atoms with Crippen LogP contribution >= 0.6 is 12.2 Å². The number of hydrogen-bond donors (Lipinski definition) is 1. The summed E-state index contributed by atoms with van der Waals surface area (Å²) in [6, 6.07) is 4.69. The van der Waals surface area contributed by atoms with Crippen LogP contribution in [0, 0.1) is 11.7 Å². The molecule has 2 N–H and O–H groups in total. The Morgan fingerprint density at radius 1 is 1.50 bits per heavy atom. The lowest BCUT2D eigenvalue weighted by molar-refractivity contribution is 0.318. The Morgan fingerprint density at radius 2 is 2.22 bits per heavy atom. The van der Waals surface area contributed by atoms with Gasteiger partial charge in [0.2, 0.25) is 0 Å². The van der Waals surface area contributed by atoms with Gasteiger partial charge < -0.3 is 10.6 Å². The first-order chi connectivity index (χ1) is 8.61. The van der Waals surface area contributed by atoms with Crippen molar-refractivity contribution in [1.29, 1.82) is 0 Å². The van der Waals surface area contributed by atoms with Crippen molar-refractivity contribution in [2.24, 2.45) is 11.7 Å². The third-order valence-electron chi connectivity index (χ3n) is 3.65. The molecular formula is C14H19FN2S. The van der Waals surface area contributed by atoms with Crippen LogP contribution in [0.5, 0.6) is 0 Å². The molecule has 0 radical (unpaired) electrons. The lowest BCUT2D eigenvalue weighted by Crippen LogP contribution is -2.33. The molecule has 1 aliphatic carbocycles. The van der Waals surface area contributed by atoms with Gasteiger partial charge in [0.05, 0.1) is 0 Å². The molecule has 0 bridgehead atoms. The Morgan fingerprint density at radius 3 is 2.72 bits per heavy atom. The minimum absolute atomic E-state index is 0.261. The molecule has 18 heavy (non-hydrogen) atoms. The van der Waals surface area contributed by atoms with Gasteiger partial charge in [-0.1, -0.05) is 18.6 Å². The Balaban J connectivity index is 2.25. The molecule has 98 valence electrons. The summed E-state index contributed by atoms with van der Waals surface area (Å²) in [7, 11) is 0. The minimum Gasteiger partial charge on any atom is -0.389 e. The summed E-state index contributed by atoms with van der Waals surface area (Å²) < 4.78 is 13.3. The molecule has 1 fully saturated rings. The van der Waals surface area contributed by atoms with E-state index in [-0.39, 0.29) is 10.8 Å². The number of nitrogens with two attached hydrogens (primary N) is 1. The van der Waals surface area contributed by atoms with E-state index in [0.717, 1.165) is 24.7 Å². The van der Waals surface area contributed by atoms with Crippen molar-refractivity contribution >= 4 is 22.9 Å². The minimum atomic E-state index is -0.291. The van der Waals surface area contributed by atoms with E-state index in [1.165, 1.54) is 31.4 Å². The summed E-state index contributed by atoms with van der Waals surface area (Å²) >= 11 is 5.02. The molecule has 0 unspecified atom stereocenters. The number of benzene rings is 1. The highest BCUT2D eigenvalue weighted by Gasteiger charge is 2.22. The molecule has 2 nitrogen and oxygen atoms in total. The first kappa shape index (κ1) is 13.3. The summed E-state index contributed by atoms with van der Waals surface area (Å²) in [5, 5.41) is 0. The van der Waals surface area contributed by atoms with Crippen LogP contribution in [0.15, 0.2) is 18.2 Å². The molecular weight excluding hydrogens is 247 g/mol. The molecule has 4 heteroatoms. The first-order valence-electron chi connectivity index (χ1n) is 6.46. The maximum absolute atomic E-state index is 13.3. The van der Waals surface area contributed by atoms with Crippen molar-refractivity contribution in [2.45, 2.75) is 26.2 Å². The van der Waals surface area contributed by atoms with Crippen molar-refractivity contribution in [3.63, 3.8) is 0 Å². The van der Waals surface area contributed by atoms with Crippen molar-refractivity contribution in [1.82, 2.24) is 0 Å². The molecule has 1 aromatic rings. The van der Waals surface area contributed by atoms with E-state index in [0.29, 0.717) is 5.56 Å². The van der Waals surface area contributed by atoms with Crippen molar-refractivity contribution in [3.8, 4) is 0 Å². The van der Waals surface area contributed by atoms with Gasteiger partial charge in [-0.2, -0.15) is 0 Å². The second kappa shape index (κ2) is 5.65. The molecule has 0 atom stereocenters. The number of nitrogens with zero attached hydrogens (tertiary/aromatic N) is 1. The second-order valence-electron chi connectivity index (χ2n) is 4.86. The van der Waals surface area contributed by atoms with E-state index in [2.05, 4.69) is 11.8 Å². The van der Waals surface area contributed by atoms with E-state index in [1.807, 2.05) is 0 Å². The number of anilines is 1. The summed E-state index contributed by atoms with van der Waals surface area (Å²) in [6.07, 6.45) is 3.91. The fourth-order valence-electron chi connectivity index (χ4n) is 2.37. The van der Waals surface area contributed by atoms with Crippen LogP contribution in [0.25, 0.3) is 0 Å². The van der Waals surface area contributed by atoms with Crippen molar-refractivity contribution < 1.29 is 4.39 Å². The number of halogens is 1. The quantitative estimate of drug-likeness (QED) is 0.830. The van der Waals surface area contributed by atoms with Crippen LogP contribution in [0.1, 0.15) is 31.7 Å². The van der Waals surface area contributed by atoms with Gasteiger partial charge in [0.1, 0.15) is 10.8 Å². The highest BCUT2D eigenvalue weighted by atomic mass is 32.1. The van der Waals surface area contributed by atoms with Gasteiger partial charge in [-0.05, 0) is 43.9 Å². The second-order valence-corrected chi connectivity index (χ2v) is 5.30. The third kappa shape index (κ3) is 2.80. The number of rotatable bonds is 5. The molecule has 0 aromatic heterocycles. The topological polar surface area (TPSA) is 29.3 Å². The molecule has 0 heterocycles. The monoisotopic (exact) mass is 266 g/mol. The molecule has 2 rings (SSSR count). The van der Waals surface area contributed by atoms with Crippen LogP contribution in [0.3, 0.4) is 0 Å². The maximum Gasteiger partial charge on any atom is 0.124 e. The van der Waals surface area contributed by atoms with Crippen LogP contribution in [0.2, 0.25) is 0 Å². The number of hydrogen-bond acceptors (Lipinski definition) is 2. The lowest BCUT2D eigenvalue weighted by atomic mass is 9.85. The molecule has 1 aliphatic rings. The zero-order chi connectivity index (χ0) is 13.1. The summed E-state index contributed by atoms with van der Waals surface area (Å²) in [5.41, 5.74) is 7.29. The Hall–Kier alpha value is -1.16. The van der Waals surface area contributed by atoms with Gasteiger partial charge in [-0.3, -0.25) is 0 Å². The van der Waals surface area contributed by atoms with Gasteiger partial charge in [0, 0.05) is 24.3 Å². The summed E-state index contributed by atoms with van der Waals surface area (Å²) in [4.78, 5) is 2.51. The summed E-state index contributed by atoms with van der Waals surface area (Å²) in [6.45, 7) is 4.00. The molecule has 1 aromatic carbocycles. The fraction of sp³-hybridized carbons (Fsp3) is 0.500. The predicted octanol–water partition coefficient (Wildman–Crippen LogP) is 3.09. The molecule has 0 spiro atoms. The first-order valence-corrected chi connectivity index (χ1v) is 6.87. The largest absolute Gasteiger partial charge is 0.389 e. The lowest BCUT2D eigenvalue weighted by Gasteiger charge is -2.34. The fourth-order valence-corrected chi connectivity index (χ4v) is 2.53. The normalized spacial score (nSPS) is 15.2. The average Bonchev–Trinajstić information content (AvgIpc) is 2.28. The maximum atomic E-state index is 13.3. The molecule has 0 aliphatic heterocycles. The molecule has 0 saturated heterocycles.